The van der Waals surface area contributed by atoms with Crippen LogP contribution in [0.3, 0.4) is 0 Å². The van der Waals surface area contributed by atoms with Crippen molar-refractivity contribution in [3.05, 3.63) is 64.7 Å². The molecular weight excluding hydrogens is 264 g/mol. The summed E-state index contributed by atoms with van der Waals surface area (Å²) in [6.07, 6.45) is 0. The van der Waals surface area contributed by atoms with E-state index in [1.54, 1.807) is 49.6 Å². The molecule has 0 radical (unpaired) electrons. The van der Waals surface area contributed by atoms with Crippen molar-refractivity contribution in [2.45, 2.75) is 6.61 Å². The molecule has 0 spiro atoms. The van der Waals surface area contributed by atoms with Gasteiger partial charge in [0.2, 0.25) is 0 Å². The summed E-state index contributed by atoms with van der Waals surface area (Å²) < 4.78 is 10.3. The molecule has 0 aromatic heterocycles. The second-order valence-electron chi connectivity index (χ2n) is 3.95. The van der Waals surface area contributed by atoms with Gasteiger partial charge in [0.05, 0.1) is 17.2 Å². The predicted octanol–water partition coefficient (Wildman–Crippen LogP) is 3.71. The maximum absolute atomic E-state index is 12.0. The van der Waals surface area contributed by atoms with E-state index < -0.39 is 5.97 Å². The number of ether oxygens (including phenoxy) is 2. The maximum Gasteiger partial charge on any atom is 0.343 e. The van der Waals surface area contributed by atoms with Crippen molar-refractivity contribution in [1.29, 1.82) is 0 Å². The summed E-state index contributed by atoms with van der Waals surface area (Å²) in [5.74, 6) is -0.0858. The fourth-order valence-electron chi connectivity index (χ4n) is 1.64. The molecule has 0 atom stereocenters. The summed E-state index contributed by atoms with van der Waals surface area (Å²) in [5.41, 5.74) is 1.38. The summed E-state index contributed by atoms with van der Waals surface area (Å²) >= 11 is 5.94. The smallest absolute Gasteiger partial charge is 0.343 e. The standard InChI is InChI=1S/C15H13ClO3/c1-18-10-11-5-4-6-12(9-11)15(17)19-14-8-3-2-7-13(14)16/h2-9H,10H2,1H3. The lowest BCUT2D eigenvalue weighted by atomic mass is 10.1. The number of methoxy groups -OCH3 is 1. The molecule has 0 fully saturated rings. The highest BCUT2D eigenvalue weighted by molar-refractivity contribution is 6.32. The predicted molar refractivity (Wildman–Crippen MR) is 73.6 cm³/mol. The second kappa shape index (κ2) is 6.36. The SMILES string of the molecule is COCc1cccc(C(=O)Oc2ccccc2Cl)c1. The number of carbonyl (C=O) groups excluding carboxylic acids is 1. The Bertz CT molecular complexity index is 581. The van der Waals surface area contributed by atoms with E-state index >= 15 is 0 Å². The molecule has 2 aromatic carbocycles. The van der Waals surface area contributed by atoms with Crippen LogP contribution < -0.4 is 4.74 Å². The van der Waals surface area contributed by atoms with Gasteiger partial charge in [-0.15, -0.1) is 0 Å². The fourth-order valence-corrected chi connectivity index (χ4v) is 1.82. The van der Waals surface area contributed by atoms with E-state index in [1.165, 1.54) is 0 Å². The van der Waals surface area contributed by atoms with Crippen molar-refractivity contribution >= 4 is 17.6 Å². The van der Waals surface area contributed by atoms with Crippen LogP contribution >= 0.6 is 11.6 Å². The summed E-state index contributed by atoms with van der Waals surface area (Å²) in [6, 6.07) is 14.0. The zero-order chi connectivity index (χ0) is 13.7. The van der Waals surface area contributed by atoms with Gasteiger partial charge in [0.25, 0.3) is 0 Å². The number of esters is 1. The third-order valence-electron chi connectivity index (χ3n) is 2.51. The van der Waals surface area contributed by atoms with Crippen molar-refractivity contribution in [2.24, 2.45) is 0 Å². The molecule has 0 aliphatic rings. The molecule has 19 heavy (non-hydrogen) atoms. The molecule has 0 saturated heterocycles. The van der Waals surface area contributed by atoms with Crippen LogP contribution in [0.25, 0.3) is 0 Å². The van der Waals surface area contributed by atoms with Crippen LogP contribution in [-0.4, -0.2) is 13.1 Å². The minimum absolute atomic E-state index is 0.353. The number of benzene rings is 2. The van der Waals surface area contributed by atoms with E-state index in [0.717, 1.165) is 5.56 Å². The molecule has 2 rings (SSSR count). The Balaban J connectivity index is 2.16. The Labute approximate surface area is 116 Å². The lowest BCUT2D eigenvalue weighted by Gasteiger charge is -2.07. The van der Waals surface area contributed by atoms with Crippen molar-refractivity contribution in [1.82, 2.24) is 0 Å². The van der Waals surface area contributed by atoms with Crippen molar-refractivity contribution in [3.63, 3.8) is 0 Å². The molecule has 4 heteroatoms. The summed E-state index contributed by atoms with van der Waals surface area (Å²) in [6.45, 7) is 0.452. The molecule has 0 amide bonds. The average molecular weight is 277 g/mol. The van der Waals surface area contributed by atoms with Gasteiger partial charge in [-0.1, -0.05) is 35.9 Å². The molecule has 3 nitrogen and oxygen atoms in total. The van der Waals surface area contributed by atoms with E-state index in [0.29, 0.717) is 22.9 Å². The highest BCUT2D eigenvalue weighted by Crippen LogP contribution is 2.24. The fraction of sp³-hybridized carbons (Fsp3) is 0.133. The minimum atomic E-state index is -0.439. The van der Waals surface area contributed by atoms with Gasteiger partial charge >= 0.3 is 5.97 Å². The number of halogens is 1. The highest BCUT2D eigenvalue weighted by Gasteiger charge is 2.11. The van der Waals surface area contributed by atoms with Gasteiger partial charge < -0.3 is 9.47 Å². The molecular formula is C15H13ClO3. The van der Waals surface area contributed by atoms with Gasteiger partial charge in [0, 0.05) is 7.11 Å². The number of carbonyl (C=O) groups is 1. The summed E-state index contributed by atoms with van der Waals surface area (Å²) in [7, 11) is 1.61. The van der Waals surface area contributed by atoms with Crippen LogP contribution in [0, 0.1) is 0 Å². The maximum atomic E-state index is 12.0. The number of para-hydroxylation sites is 1. The lowest BCUT2D eigenvalue weighted by Crippen LogP contribution is -2.09. The van der Waals surface area contributed by atoms with Gasteiger partial charge in [0.1, 0.15) is 5.75 Å². The highest BCUT2D eigenvalue weighted by atomic mass is 35.5. The first-order valence-electron chi connectivity index (χ1n) is 5.75. The van der Waals surface area contributed by atoms with Gasteiger partial charge in [-0.25, -0.2) is 4.79 Å². The van der Waals surface area contributed by atoms with Gasteiger partial charge in [-0.3, -0.25) is 0 Å². The third kappa shape index (κ3) is 3.56. The Hall–Kier alpha value is -1.84. The van der Waals surface area contributed by atoms with Crippen LogP contribution in [0.1, 0.15) is 15.9 Å². The number of hydrogen-bond acceptors (Lipinski definition) is 3. The van der Waals surface area contributed by atoms with Crippen LogP contribution in [-0.2, 0) is 11.3 Å². The molecule has 0 heterocycles. The van der Waals surface area contributed by atoms with E-state index in [1.807, 2.05) is 6.07 Å². The third-order valence-corrected chi connectivity index (χ3v) is 2.83. The largest absolute Gasteiger partial charge is 0.421 e. The zero-order valence-corrected chi connectivity index (χ0v) is 11.2. The van der Waals surface area contributed by atoms with E-state index in [4.69, 9.17) is 21.1 Å². The molecule has 98 valence electrons. The topological polar surface area (TPSA) is 35.5 Å². The summed E-state index contributed by atoms with van der Waals surface area (Å²) in [4.78, 5) is 12.0. The van der Waals surface area contributed by atoms with Gasteiger partial charge in [-0.05, 0) is 29.8 Å². The minimum Gasteiger partial charge on any atom is -0.421 e. The molecule has 0 aliphatic heterocycles. The van der Waals surface area contributed by atoms with Gasteiger partial charge in [-0.2, -0.15) is 0 Å². The molecule has 2 aromatic rings. The van der Waals surface area contributed by atoms with Crippen LogP contribution in [0.15, 0.2) is 48.5 Å². The first kappa shape index (κ1) is 13.6. The average Bonchev–Trinajstić information content (AvgIpc) is 2.42. The Morgan fingerprint density at radius 3 is 2.68 bits per heavy atom. The lowest BCUT2D eigenvalue weighted by molar-refractivity contribution is 0.0734. The number of hydrogen-bond donors (Lipinski definition) is 0. The molecule has 0 saturated carbocycles. The van der Waals surface area contributed by atoms with E-state index in [-0.39, 0.29) is 0 Å². The van der Waals surface area contributed by atoms with Gasteiger partial charge in [0.15, 0.2) is 0 Å². The first-order chi connectivity index (χ1) is 9.20. The van der Waals surface area contributed by atoms with Crippen LogP contribution in [0.2, 0.25) is 5.02 Å². The van der Waals surface area contributed by atoms with E-state index in [9.17, 15) is 4.79 Å². The molecule has 0 N–H and O–H groups in total. The normalized spacial score (nSPS) is 10.2. The van der Waals surface area contributed by atoms with Crippen molar-refractivity contribution in [3.8, 4) is 5.75 Å². The Morgan fingerprint density at radius 2 is 1.95 bits per heavy atom. The second-order valence-corrected chi connectivity index (χ2v) is 4.36. The first-order valence-corrected chi connectivity index (χ1v) is 6.13. The number of rotatable bonds is 4. The molecule has 0 unspecified atom stereocenters. The monoisotopic (exact) mass is 276 g/mol. The Kier molecular flexibility index (Phi) is 4.55. The zero-order valence-electron chi connectivity index (χ0n) is 10.4. The van der Waals surface area contributed by atoms with Crippen molar-refractivity contribution in [2.75, 3.05) is 7.11 Å². The van der Waals surface area contributed by atoms with E-state index in [2.05, 4.69) is 0 Å². The quantitative estimate of drug-likeness (QED) is 0.631. The van der Waals surface area contributed by atoms with Crippen LogP contribution in [0.5, 0.6) is 5.75 Å². The Morgan fingerprint density at radius 1 is 1.16 bits per heavy atom. The summed E-state index contributed by atoms with van der Waals surface area (Å²) in [5, 5.41) is 0.406. The molecule has 0 bridgehead atoms. The van der Waals surface area contributed by atoms with Crippen LogP contribution in [0.4, 0.5) is 0 Å². The van der Waals surface area contributed by atoms with Crippen molar-refractivity contribution < 1.29 is 14.3 Å². The molecule has 0 aliphatic carbocycles.